The third-order valence-corrected chi connectivity index (χ3v) is 17.4. The molecule has 2 amide bonds. The van der Waals surface area contributed by atoms with Crippen molar-refractivity contribution in [1.82, 2.24) is 19.8 Å². The standard InChI is InChI=1S/C55H65Cl4N5O10S2/c1-63-34-49(47-30-41(56)32-53(58)51(47)36-63)39-7-3-10-45(28-39)75(67,68)26-6-19-72-23-24-73-20-16-60-55(66)62-43-14-12-38(13-15-43)27-44(65)9-5-18-71-22-25-74-21-17-61-76(69,70)46-11-4-8-40(29-46)50-35-64(2)37-52-48(50)31-42(57)33-54(52)59/h3-4,7-8,10-15,28-33,49-50,61H,5-6,9,16-27,34-37H2,1-2H3,(H2,60,62,66). The maximum Gasteiger partial charge on any atom is 0.319 e. The highest BCUT2D eigenvalue weighted by atomic mass is 35.5. The second-order valence-corrected chi connectivity index (χ2v) is 24.5. The summed E-state index contributed by atoms with van der Waals surface area (Å²) in [5, 5.41) is 7.79. The van der Waals surface area contributed by atoms with E-state index in [1.807, 2.05) is 38.4 Å². The summed E-state index contributed by atoms with van der Waals surface area (Å²) in [6.07, 6.45) is 1.46. The van der Waals surface area contributed by atoms with Crippen LogP contribution in [0.4, 0.5) is 10.5 Å². The Hall–Kier alpha value is -4.18. The summed E-state index contributed by atoms with van der Waals surface area (Å²) in [5.74, 6) is -0.164. The molecule has 3 N–H and O–H groups in total. The molecule has 410 valence electrons. The number of likely N-dealkylation sites (N-methyl/N-ethyl adjacent to an activating group) is 2. The van der Waals surface area contributed by atoms with Crippen LogP contribution in [0, 0.1) is 0 Å². The van der Waals surface area contributed by atoms with Crippen LogP contribution in [-0.2, 0) is 63.1 Å². The first-order chi connectivity index (χ1) is 36.5. The topological polar surface area (TPSA) is 182 Å². The van der Waals surface area contributed by atoms with Gasteiger partial charge in [0.1, 0.15) is 5.78 Å². The molecule has 0 aromatic heterocycles. The third-order valence-electron chi connectivity index (χ3n) is 13.0. The third kappa shape index (κ3) is 17.4. The number of hydrogen-bond acceptors (Lipinski definition) is 12. The lowest BCUT2D eigenvalue weighted by atomic mass is 9.85. The van der Waals surface area contributed by atoms with E-state index in [0.29, 0.717) is 84.4 Å². The van der Waals surface area contributed by atoms with Crippen LogP contribution in [0.25, 0.3) is 0 Å². The molecule has 7 rings (SSSR count). The fraction of sp³-hybridized carbons (Fsp3) is 0.418. The van der Waals surface area contributed by atoms with Gasteiger partial charge in [-0.15, -0.1) is 0 Å². The van der Waals surface area contributed by atoms with Crippen molar-refractivity contribution in [2.75, 3.05) is 104 Å². The van der Waals surface area contributed by atoms with Gasteiger partial charge in [-0.3, -0.25) is 4.79 Å². The average Bonchev–Trinajstić information content (AvgIpc) is 3.38. The van der Waals surface area contributed by atoms with Gasteiger partial charge >= 0.3 is 6.03 Å². The van der Waals surface area contributed by atoms with Crippen LogP contribution in [0.1, 0.15) is 70.0 Å². The van der Waals surface area contributed by atoms with E-state index in [2.05, 4.69) is 25.2 Å². The minimum atomic E-state index is -3.79. The number of amides is 2. The summed E-state index contributed by atoms with van der Waals surface area (Å²) in [5.41, 5.74) is 7.14. The smallest absolute Gasteiger partial charge is 0.319 e. The quantitative estimate of drug-likeness (QED) is 0.0405. The van der Waals surface area contributed by atoms with Gasteiger partial charge in [-0.2, -0.15) is 0 Å². The minimum Gasteiger partial charge on any atom is -0.379 e. The first-order valence-electron chi connectivity index (χ1n) is 25.2. The molecule has 2 atom stereocenters. The molecule has 2 unspecified atom stereocenters. The number of sulfone groups is 1. The van der Waals surface area contributed by atoms with Gasteiger partial charge in [0.05, 0.1) is 55.2 Å². The molecule has 5 aromatic carbocycles. The number of hydrogen-bond donors (Lipinski definition) is 3. The van der Waals surface area contributed by atoms with Crippen molar-refractivity contribution in [1.29, 1.82) is 0 Å². The molecule has 0 fully saturated rings. The fourth-order valence-electron chi connectivity index (χ4n) is 9.33. The molecular weight excluding hydrogens is 1100 g/mol. The van der Waals surface area contributed by atoms with Gasteiger partial charge < -0.3 is 39.4 Å². The molecule has 21 heteroatoms. The zero-order valence-corrected chi connectivity index (χ0v) is 47.3. The van der Waals surface area contributed by atoms with Crippen LogP contribution in [0.2, 0.25) is 20.1 Å². The molecule has 0 spiro atoms. The monoisotopic (exact) mass is 1160 g/mol. The van der Waals surface area contributed by atoms with E-state index in [0.717, 1.165) is 38.9 Å². The van der Waals surface area contributed by atoms with Gasteiger partial charge in [0.15, 0.2) is 9.84 Å². The van der Waals surface area contributed by atoms with Gasteiger partial charge in [0, 0.05) is 103 Å². The molecule has 2 heterocycles. The van der Waals surface area contributed by atoms with E-state index in [1.165, 1.54) is 0 Å². The highest BCUT2D eigenvalue weighted by Gasteiger charge is 2.30. The summed E-state index contributed by atoms with van der Waals surface area (Å²) in [6.45, 7) is 5.31. The number of carbonyl (C=O) groups excluding carboxylic acids is 2. The Morgan fingerprint density at radius 2 is 1.12 bits per heavy atom. The average molecular weight is 1160 g/mol. The predicted octanol–water partition coefficient (Wildman–Crippen LogP) is 9.38. The van der Waals surface area contributed by atoms with Crippen LogP contribution in [0.15, 0.2) is 107 Å². The van der Waals surface area contributed by atoms with Crippen molar-refractivity contribution < 1.29 is 45.4 Å². The number of anilines is 1. The van der Waals surface area contributed by atoms with Gasteiger partial charge in [-0.25, -0.2) is 26.4 Å². The number of Topliss-reactive ketones (excluding diaryl/α,β-unsaturated/α-hetero) is 1. The van der Waals surface area contributed by atoms with Crippen molar-refractivity contribution in [3.8, 4) is 0 Å². The molecule has 5 aromatic rings. The number of ether oxygens (including phenoxy) is 4. The number of nitrogens with zero attached hydrogens (tertiary/aromatic N) is 2. The maximum atomic E-state index is 13.3. The Kier molecular flexibility index (Phi) is 22.4. The second kappa shape index (κ2) is 28.6. The number of benzene rings is 5. The van der Waals surface area contributed by atoms with E-state index in [-0.39, 0.29) is 92.3 Å². The highest BCUT2D eigenvalue weighted by molar-refractivity contribution is 7.91. The van der Waals surface area contributed by atoms with E-state index < -0.39 is 25.9 Å². The van der Waals surface area contributed by atoms with Crippen molar-refractivity contribution >= 4 is 83.8 Å². The second-order valence-electron chi connectivity index (χ2n) is 19.0. The number of ketones is 1. The van der Waals surface area contributed by atoms with E-state index >= 15 is 0 Å². The van der Waals surface area contributed by atoms with E-state index in [1.54, 1.807) is 72.8 Å². The highest BCUT2D eigenvalue weighted by Crippen LogP contribution is 2.40. The first-order valence-corrected chi connectivity index (χ1v) is 29.8. The van der Waals surface area contributed by atoms with Gasteiger partial charge in [0.25, 0.3) is 0 Å². The Balaban J connectivity index is 0.681. The number of carbonyl (C=O) groups is 2. The number of nitrogens with one attached hydrogen (secondary N) is 3. The zero-order chi connectivity index (χ0) is 54.2. The molecule has 0 saturated carbocycles. The summed E-state index contributed by atoms with van der Waals surface area (Å²) < 4.78 is 77.9. The number of fused-ring (bicyclic) bond motifs is 2. The SMILES string of the molecule is CN1Cc2c(Cl)cc(Cl)cc2C(c2cccc(S(=O)(=O)CCCOCCOCCNC(=O)Nc3ccc(CC(=O)CCCOCCOCCNS(=O)(=O)c4cccc(C5CN(C)Cc6c(Cl)cc(Cl)cc65)c4)cc3)c2)C1. The van der Waals surface area contributed by atoms with Crippen LogP contribution >= 0.6 is 46.4 Å². The van der Waals surface area contributed by atoms with Gasteiger partial charge in [-0.1, -0.05) is 82.8 Å². The summed E-state index contributed by atoms with van der Waals surface area (Å²) in [7, 11) is -3.33. The van der Waals surface area contributed by atoms with E-state index in [4.69, 9.17) is 65.4 Å². The number of rotatable bonds is 28. The first kappa shape index (κ1) is 59.5. The maximum absolute atomic E-state index is 13.3. The lowest BCUT2D eigenvalue weighted by Crippen LogP contribution is -2.31. The fourth-order valence-corrected chi connectivity index (χ4v) is 12.9. The minimum absolute atomic E-state index is 0.0600. The molecular formula is C55H65Cl4N5O10S2. The van der Waals surface area contributed by atoms with Crippen molar-refractivity contribution in [2.45, 2.75) is 60.4 Å². The van der Waals surface area contributed by atoms with Crippen LogP contribution < -0.4 is 15.4 Å². The molecule has 76 heavy (non-hydrogen) atoms. The number of urea groups is 1. The zero-order valence-electron chi connectivity index (χ0n) is 42.6. The molecule has 15 nitrogen and oxygen atoms in total. The largest absolute Gasteiger partial charge is 0.379 e. The van der Waals surface area contributed by atoms with Crippen LogP contribution in [0.3, 0.4) is 0 Å². The van der Waals surface area contributed by atoms with Gasteiger partial charge in [-0.05, 0) is 127 Å². The van der Waals surface area contributed by atoms with E-state index in [9.17, 15) is 26.4 Å². The summed E-state index contributed by atoms with van der Waals surface area (Å²) in [4.78, 5) is 29.8. The van der Waals surface area contributed by atoms with Crippen LogP contribution in [-0.4, -0.2) is 137 Å². The molecule has 2 aliphatic heterocycles. The Labute approximate surface area is 466 Å². The van der Waals surface area contributed by atoms with Gasteiger partial charge in [0.2, 0.25) is 10.0 Å². The normalized spacial score (nSPS) is 16.0. The number of halogens is 4. The van der Waals surface area contributed by atoms with Crippen molar-refractivity contribution in [2.24, 2.45) is 0 Å². The molecule has 0 radical (unpaired) electrons. The molecule has 2 aliphatic rings. The number of sulfonamides is 1. The van der Waals surface area contributed by atoms with Crippen molar-refractivity contribution in [3.63, 3.8) is 0 Å². The van der Waals surface area contributed by atoms with Crippen LogP contribution in [0.5, 0.6) is 0 Å². The lowest BCUT2D eigenvalue weighted by Gasteiger charge is -2.33. The predicted molar refractivity (Wildman–Crippen MR) is 299 cm³/mol. The summed E-state index contributed by atoms with van der Waals surface area (Å²) >= 11 is 25.7. The Morgan fingerprint density at radius 1 is 0.605 bits per heavy atom. The Bertz CT molecular complexity index is 2810. The molecule has 0 bridgehead atoms. The van der Waals surface area contributed by atoms with Crippen molar-refractivity contribution in [3.05, 3.63) is 156 Å². The lowest BCUT2D eigenvalue weighted by molar-refractivity contribution is -0.118. The summed E-state index contributed by atoms with van der Waals surface area (Å²) in [6, 6.07) is 28.0. The molecule has 0 aliphatic carbocycles. The Morgan fingerprint density at radius 3 is 1.70 bits per heavy atom. The molecule has 0 saturated heterocycles.